The van der Waals surface area contributed by atoms with Crippen molar-refractivity contribution in [3.63, 3.8) is 0 Å². The molecule has 0 radical (unpaired) electrons. The number of amides is 1. The molecule has 2 rings (SSSR count). The van der Waals surface area contributed by atoms with E-state index in [1.165, 1.54) is 15.8 Å². The summed E-state index contributed by atoms with van der Waals surface area (Å²) in [5, 5.41) is 23.2. The van der Waals surface area contributed by atoms with E-state index in [9.17, 15) is 19.7 Å². The van der Waals surface area contributed by atoms with Gasteiger partial charge in [0.1, 0.15) is 12.4 Å². The Morgan fingerprint density at radius 1 is 1.55 bits per heavy atom. The molecule has 1 saturated heterocycles. The first-order chi connectivity index (χ1) is 10.5. The van der Waals surface area contributed by atoms with E-state index in [0.29, 0.717) is 13.2 Å². The molecular formula is C12H16N4O6. The van der Waals surface area contributed by atoms with E-state index in [1.807, 2.05) is 0 Å². The van der Waals surface area contributed by atoms with Crippen molar-refractivity contribution in [3.8, 4) is 0 Å². The van der Waals surface area contributed by atoms with Gasteiger partial charge in [0, 0.05) is 19.5 Å². The van der Waals surface area contributed by atoms with Crippen molar-refractivity contribution in [2.24, 2.45) is 0 Å². The molecule has 1 aromatic heterocycles. The topological polar surface area (TPSA) is 128 Å². The number of morpholine rings is 1. The Hall–Kier alpha value is -2.49. The fourth-order valence-electron chi connectivity index (χ4n) is 2.28. The van der Waals surface area contributed by atoms with E-state index >= 15 is 0 Å². The van der Waals surface area contributed by atoms with Gasteiger partial charge < -0.3 is 14.7 Å². The first kappa shape index (κ1) is 15.9. The average Bonchev–Trinajstić information content (AvgIpc) is 2.94. The number of aromatic nitrogens is 2. The van der Waals surface area contributed by atoms with Crippen molar-refractivity contribution in [1.29, 1.82) is 0 Å². The van der Waals surface area contributed by atoms with Crippen LogP contribution in [-0.4, -0.2) is 62.4 Å². The van der Waals surface area contributed by atoms with E-state index in [1.54, 1.807) is 0 Å². The highest BCUT2D eigenvalue weighted by Crippen LogP contribution is 2.13. The molecule has 0 spiro atoms. The van der Waals surface area contributed by atoms with Crippen LogP contribution >= 0.6 is 0 Å². The minimum Gasteiger partial charge on any atom is -0.481 e. The number of nitro groups is 1. The number of aryl methyl sites for hydroxylation is 1. The van der Waals surface area contributed by atoms with E-state index in [-0.39, 0.29) is 37.6 Å². The number of nitrogens with zero attached hydrogens (tertiary/aromatic N) is 4. The molecular weight excluding hydrogens is 296 g/mol. The van der Waals surface area contributed by atoms with Crippen LogP contribution in [0.15, 0.2) is 12.4 Å². The van der Waals surface area contributed by atoms with Crippen LogP contribution in [-0.2, 0) is 20.9 Å². The standard InChI is InChI=1S/C12H16N4O6/c17-11(1-2-14-7-10(6-13-14)16(20)21)15-3-4-22-8-9(15)5-12(18)19/h6-7,9H,1-5,8H2,(H,18,19). The molecule has 1 aliphatic heterocycles. The van der Waals surface area contributed by atoms with Crippen molar-refractivity contribution >= 4 is 17.6 Å². The molecule has 0 aliphatic carbocycles. The largest absolute Gasteiger partial charge is 0.481 e. The summed E-state index contributed by atoms with van der Waals surface area (Å²) in [6, 6.07) is -0.481. The lowest BCUT2D eigenvalue weighted by Crippen LogP contribution is -2.49. The molecule has 1 N–H and O–H groups in total. The summed E-state index contributed by atoms with van der Waals surface area (Å²) < 4.78 is 6.53. The predicted molar refractivity (Wildman–Crippen MR) is 72.1 cm³/mol. The number of carboxylic acids is 1. The van der Waals surface area contributed by atoms with Crippen LogP contribution in [0.1, 0.15) is 12.8 Å². The number of ether oxygens (including phenoxy) is 1. The highest BCUT2D eigenvalue weighted by Gasteiger charge is 2.28. The van der Waals surface area contributed by atoms with Gasteiger partial charge in [-0.2, -0.15) is 5.10 Å². The maximum atomic E-state index is 12.2. The second-order valence-corrected chi connectivity index (χ2v) is 4.88. The van der Waals surface area contributed by atoms with Crippen LogP contribution in [0.2, 0.25) is 0 Å². The van der Waals surface area contributed by atoms with Crippen LogP contribution in [0.4, 0.5) is 5.69 Å². The maximum absolute atomic E-state index is 12.2. The molecule has 22 heavy (non-hydrogen) atoms. The molecule has 10 nitrogen and oxygen atoms in total. The van der Waals surface area contributed by atoms with Crippen molar-refractivity contribution in [2.45, 2.75) is 25.4 Å². The third-order valence-electron chi connectivity index (χ3n) is 3.34. The number of carbonyl (C=O) groups excluding carboxylic acids is 1. The minimum absolute atomic E-state index is 0.0922. The number of aliphatic carboxylic acids is 1. The fraction of sp³-hybridized carbons (Fsp3) is 0.583. The van der Waals surface area contributed by atoms with Crippen LogP contribution < -0.4 is 0 Å². The summed E-state index contributed by atoms with van der Waals surface area (Å²) in [5.41, 5.74) is -0.137. The van der Waals surface area contributed by atoms with Gasteiger partial charge in [0.25, 0.3) is 0 Å². The van der Waals surface area contributed by atoms with Crippen LogP contribution in [0.3, 0.4) is 0 Å². The van der Waals surface area contributed by atoms with Gasteiger partial charge in [-0.15, -0.1) is 0 Å². The summed E-state index contributed by atoms with van der Waals surface area (Å²) in [5.74, 6) is -1.20. The Morgan fingerprint density at radius 2 is 2.32 bits per heavy atom. The second kappa shape index (κ2) is 6.98. The SMILES string of the molecule is O=C(O)CC1COCCN1C(=O)CCn1cc([N+](=O)[O-])cn1. The Bertz CT molecular complexity index is 572. The lowest BCUT2D eigenvalue weighted by Gasteiger charge is -2.34. The summed E-state index contributed by atoms with van der Waals surface area (Å²) in [6.07, 6.45) is 2.29. The minimum atomic E-state index is -0.990. The first-order valence-corrected chi connectivity index (χ1v) is 6.73. The summed E-state index contributed by atoms with van der Waals surface area (Å²) in [7, 11) is 0. The molecule has 10 heteroatoms. The highest BCUT2D eigenvalue weighted by molar-refractivity contribution is 5.77. The van der Waals surface area contributed by atoms with Gasteiger partial charge in [0.15, 0.2) is 0 Å². The summed E-state index contributed by atoms with van der Waals surface area (Å²) >= 11 is 0. The van der Waals surface area contributed by atoms with E-state index < -0.39 is 16.9 Å². The highest BCUT2D eigenvalue weighted by atomic mass is 16.6. The van der Waals surface area contributed by atoms with Gasteiger partial charge in [0.05, 0.1) is 30.6 Å². The Morgan fingerprint density at radius 3 is 2.95 bits per heavy atom. The predicted octanol–water partition coefficient (Wildman–Crippen LogP) is -0.117. The summed E-state index contributed by atoms with van der Waals surface area (Å²) in [6.45, 7) is 1.11. The van der Waals surface area contributed by atoms with Gasteiger partial charge in [0.2, 0.25) is 5.91 Å². The molecule has 1 amide bonds. The number of carbonyl (C=O) groups is 2. The molecule has 0 bridgehead atoms. The van der Waals surface area contributed by atoms with Crippen LogP contribution in [0.25, 0.3) is 0 Å². The van der Waals surface area contributed by atoms with Crippen molar-refractivity contribution < 1.29 is 24.4 Å². The first-order valence-electron chi connectivity index (χ1n) is 6.73. The smallest absolute Gasteiger partial charge is 0.306 e. The van der Waals surface area contributed by atoms with Crippen molar-refractivity contribution in [1.82, 2.24) is 14.7 Å². The van der Waals surface area contributed by atoms with E-state index in [0.717, 1.165) is 6.20 Å². The molecule has 120 valence electrons. The summed E-state index contributed by atoms with van der Waals surface area (Å²) in [4.78, 5) is 34.5. The Labute approximate surface area is 125 Å². The number of rotatable bonds is 6. The molecule has 1 fully saturated rings. The van der Waals surface area contributed by atoms with Gasteiger partial charge >= 0.3 is 11.7 Å². The molecule has 1 unspecified atom stereocenters. The van der Waals surface area contributed by atoms with Crippen LogP contribution in [0, 0.1) is 10.1 Å². The zero-order chi connectivity index (χ0) is 16.1. The maximum Gasteiger partial charge on any atom is 0.306 e. The molecule has 2 heterocycles. The fourth-order valence-corrected chi connectivity index (χ4v) is 2.28. The van der Waals surface area contributed by atoms with Gasteiger partial charge in [-0.25, -0.2) is 0 Å². The monoisotopic (exact) mass is 312 g/mol. The zero-order valence-electron chi connectivity index (χ0n) is 11.8. The lowest BCUT2D eigenvalue weighted by molar-refractivity contribution is -0.385. The van der Waals surface area contributed by atoms with Crippen LogP contribution in [0.5, 0.6) is 0 Å². The Balaban J connectivity index is 1.91. The second-order valence-electron chi connectivity index (χ2n) is 4.88. The van der Waals surface area contributed by atoms with Crippen molar-refractivity contribution in [3.05, 3.63) is 22.5 Å². The van der Waals surface area contributed by atoms with Gasteiger partial charge in [-0.3, -0.25) is 24.4 Å². The lowest BCUT2D eigenvalue weighted by atomic mass is 10.1. The third-order valence-corrected chi connectivity index (χ3v) is 3.34. The molecule has 1 aliphatic rings. The van der Waals surface area contributed by atoms with E-state index in [2.05, 4.69) is 5.10 Å². The quantitative estimate of drug-likeness (QED) is 0.573. The Kier molecular flexibility index (Phi) is 5.04. The molecule has 1 atom stereocenters. The van der Waals surface area contributed by atoms with Crippen molar-refractivity contribution in [2.75, 3.05) is 19.8 Å². The van der Waals surface area contributed by atoms with Gasteiger partial charge in [-0.1, -0.05) is 0 Å². The number of hydrogen-bond donors (Lipinski definition) is 1. The van der Waals surface area contributed by atoms with E-state index in [4.69, 9.17) is 9.84 Å². The molecule has 0 saturated carbocycles. The average molecular weight is 312 g/mol. The molecule has 0 aromatic carbocycles. The molecule has 1 aromatic rings. The number of hydrogen-bond acceptors (Lipinski definition) is 6. The normalized spacial score (nSPS) is 18.2. The third kappa shape index (κ3) is 4.01. The van der Waals surface area contributed by atoms with Gasteiger partial charge in [-0.05, 0) is 0 Å². The number of carboxylic acid groups (broad SMARTS) is 1. The zero-order valence-corrected chi connectivity index (χ0v) is 11.8.